The molecule has 0 amide bonds. The fourth-order valence-corrected chi connectivity index (χ4v) is 5.05. The largest absolute Gasteiger partial charge is 0.534 e. The summed E-state index contributed by atoms with van der Waals surface area (Å²) in [6.07, 6.45) is 7.83. The van der Waals surface area contributed by atoms with Crippen molar-refractivity contribution in [2.75, 3.05) is 0 Å². The smallest absolute Gasteiger partial charge is 0.390 e. The van der Waals surface area contributed by atoms with Gasteiger partial charge in [-0.3, -0.25) is 0 Å². The number of halogens is 3. The van der Waals surface area contributed by atoms with Crippen LogP contribution in [-0.4, -0.2) is 24.6 Å². The predicted octanol–water partition coefficient (Wildman–Crippen LogP) is 4.89. The Morgan fingerprint density at radius 3 is 2.50 bits per heavy atom. The van der Waals surface area contributed by atoms with Crippen LogP contribution in [0.5, 0.6) is 0 Å². The first-order chi connectivity index (χ1) is 11.8. The molecule has 0 aromatic rings. The lowest BCUT2D eigenvalue weighted by atomic mass is 9.66. The van der Waals surface area contributed by atoms with Gasteiger partial charge >= 0.3 is 15.6 Å². The van der Waals surface area contributed by atoms with E-state index in [-0.39, 0.29) is 17.1 Å². The van der Waals surface area contributed by atoms with Crippen LogP contribution in [0.2, 0.25) is 0 Å². The fourth-order valence-electron chi connectivity index (χ4n) is 4.51. The zero-order chi connectivity index (χ0) is 19.8. The molecule has 0 bridgehead atoms. The highest BCUT2D eigenvalue weighted by Gasteiger charge is 2.53. The maximum atomic E-state index is 12.6. The van der Waals surface area contributed by atoms with Gasteiger partial charge in [0.05, 0.1) is 5.60 Å². The van der Waals surface area contributed by atoms with Gasteiger partial charge in [-0.1, -0.05) is 19.8 Å². The number of rotatable bonds is 7. The first-order valence-electron chi connectivity index (χ1n) is 9.19. The lowest BCUT2D eigenvalue weighted by Gasteiger charge is -2.40. The summed E-state index contributed by atoms with van der Waals surface area (Å²) in [7, 11) is -5.61. The van der Waals surface area contributed by atoms with Gasteiger partial charge in [-0.2, -0.15) is 21.6 Å². The molecule has 152 valence electrons. The van der Waals surface area contributed by atoms with E-state index in [4.69, 9.17) is 0 Å². The average Bonchev–Trinajstić information content (AvgIpc) is 2.79. The Labute approximate surface area is 153 Å². The van der Waals surface area contributed by atoms with Crippen LogP contribution in [0.25, 0.3) is 0 Å². The van der Waals surface area contributed by atoms with E-state index in [0.29, 0.717) is 25.2 Å². The van der Waals surface area contributed by atoms with Crippen LogP contribution in [0.4, 0.5) is 13.2 Å². The van der Waals surface area contributed by atoms with E-state index in [1.807, 2.05) is 6.92 Å². The number of hydrogen-bond acceptors (Lipinski definition) is 4. The Balaban J connectivity index is 2.02. The van der Waals surface area contributed by atoms with Crippen molar-refractivity contribution in [1.29, 1.82) is 0 Å². The van der Waals surface area contributed by atoms with Crippen LogP contribution in [0.3, 0.4) is 0 Å². The van der Waals surface area contributed by atoms with E-state index in [0.717, 1.165) is 32.1 Å². The van der Waals surface area contributed by atoms with Crippen LogP contribution in [0, 0.1) is 17.3 Å². The normalized spacial score (nSPS) is 30.0. The number of aliphatic hydroxyl groups is 1. The molecule has 2 aliphatic rings. The molecule has 0 aliphatic heterocycles. The summed E-state index contributed by atoms with van der Waals surface area (Å²) in [5, 5.41) is 9.78. The van der Waals surface area contributed by atoms with Gasteiger partial charge in [0.15, 0.2) is 0 Å². The Bertz CT molecular complexity index is 634. The van der Waals surface area contributed by atoms with Gasteiger partial charge in [-0.05, 0) is 69.8 Å². The molecule has 3 unspecified atom stereocenters. The van der Waals surface area contributed by atoms with Gasteiger partial charge in [-0.25, -0.2) is 0 Å². The van der Waals surface area contributed by atoms with Gasteiger partial charge in [0.25, 0.3) is 0 Å². The van der Waals surface area contributed by atoms with E-state index in [1.54, 1.807) is 13.8 Å². The number of fused-ring (bicyclic) bond motifs is 1. The first-order valence-corrected chi connectivity index (χ1v) is 10.6. The van der Waals surface area contributed by atoms with Crippen LogP contribution in [-0.2, 0) is 14.3 Å². The molecule has 0 aromatic heterocycles. The maximum absolute atomic E-state index is 12.6. The van der Waals surface area contributed by atoms with Gasteiger partial charge in [-0.15, -0.1) is 0 Å². The number of hydrogen-bond donors (Lipinski definition) is 1. The van der Waals surface area contributed by atoms with E-state index in [2.05, 4.69) is 4.18 Å². The van der Waals surface area contributed by atoms with Crippen molar-refractivity contribution < 1.29 is 30.9 Å². The molecule has 2 rings (SSSR count). The maximum Gasteiger partial charge on any atom is 0.534 e. The van der Waals surface area contributed by atoms with E-state index >= 15 is 0 Å². The Morgan fingerprint density at radius 2 is 1.92 bits per heavy atom. The zero-order valence-corrected chi connectivity index (χ0v) is 16.4. The molecule has 1 saturated carbocycles. The number of alkyl halides is 3. The summed E-state index contributed by atoms with van der Waals surface area (Å²) in [4.78, 5) is 0. The van der Waals surface area contributed by atoms with Crippen molar-refractivity contribution >= 4 is 10.1 Å². The first kappa shape index (κ1) is 21.5. The molecule has 26 heavy (non-hydrogen) atoms. The minimum absolute atomic E-state index is 0.0323. The Morgan fingerprint density at radius 1 is 1.27 bits per heavy atom. The van der Waals surface area contributed by atoms with Gasteiger partial charge in [0.2, 0.25) is 0 Å². The lowest BCUT2D eigenvalue weighted by Crippen LogP contribution is -2.35. The predicted molar refractivity (Wildman–Crippen MR) is 92.5 cm³/mol. The van der Waals surface area contributed by atoms with Crippen molar-refractivity contribution in [3.8, 4) is 0 Å². The third kappa shape index (κ3) is 4.74. The topological polar surface area (TPSA) is 63.6 Å². The molecule has 4 nitrogen and oxygen atoms in total. The number of allylic oxidation sites excluding steroid dienone is 2. The third-order valence-electron chi connectivity index (χ3n) is 5.99. The highest BCUT2D eigenvalue weighted by molar-refractivity contribution is 7.87. The standard InChI is InChI=1S/C18H29F3O4S/c1-16(2,22)11-5-4-7-13-9-10-14-15(8-6-12-17(13,14)3)25-26(23,24)18(19,20)21/h8,13-14,22H,4-7,9-12H2,1-3H3. The van der Waals surface area contributed by atoms with Crippen molar-refractivity contribution in [3.05, 3.63) is 11.8 Å². The second-order valence-corrected chi connectivity index (χ2v) is 10.1. The molecule has 3 atom stereocenters. The quantitative estimate of drug-likeness (QED) is 0.377. The van der Waals surface area contributed by atoms with Crippen molar-refractivity contribution in [2.45, 2.75) is 83.2 Å². The summed E-state index contributed by atoms with van der Waals surface area (Å²) in [5.41, 5.74) is -6.33. The summed E-state index contributed by atoms with van der Waals surface area (Å²) < 4.78 is 65.2. The highest BCUT2D eigenvalue weighted by atomic mass is 32.2. The van der Waals surface area contributed by atoms with Crippen molar-refractivity contribution in [1.82, 2.24) is 0 Å². The van der Waals surface area contributed by atoms with E-state index < -0.39 is 21.2 Å². The van der Waals surface area contributed by atoms with Gasteiger partial charge in [0, 0.05) is 5.92 Å². The molecule has 0 aromatic carbocycles. The summed E-state index contributed by atoms with van der Waals surface area (Å²) >= 11 is 0. The van der Waals surface area contributed by atoms with Gasteiger partial charge < -0.3 is 9.29 Å². The molecule has 0 saturated heterocycles. The molecule has 2 aliphatic carbocycles. The van der Waals surface area contributed by atoms with Gasteiger partial charge in [0.1, 0.15) is 5.76 Å². The van der Waals surface area contributed by atoms with E-state index in [9.17, 15) is 26.7 Å². The third-order valence-corrected chi connectivity index (χ3v) is 6.96. The number of unbranched alkanes of at least 4 members (excludes halogenated alkanes) is 1. The SMILES string of the molecule is CC(C)(O)CCCCC1CCC2C(OS(=O)(=O)C(F)(F)F)=CCCC12C. The van der Waals surface area contributed by atoms with Crippen LogP contribution in [0.15, 0.2) is 11.8 Å². The minimum Gasteiger partial charge on any atom is -0.390 e. The van der Waals surface area contributed by atoms with Crippen LogP contribution < -0.4 is 0 Å². The highest BCUT2D eigenvalue weighted by Crippen LogP contribution is 2.57. The summed E-state index contributed by atoms with van der Waals surface area (Å²) in [6.45, 7) is 5.59. The average molecular weight is 398 g/mol. The molecule has 0 heterocycles. The summed E-state index contributed by atoms with van der Waals surface area (Å²) in [6, 6.07) is 0. The fraction of sp³-hybridized carbons (Fsp3) is 0.889. The monoisotopic (exact) mass is 398 g/mol. The molecule has 1 fully saturated rings. The van der Waals surface area contributed by atoms with Crippen molar-refractivity contribution in [2.24, 2.45) is 17.3 Å². The van der Waals surface area contributed by atoms with Crippen molar-refractivity contribution in [3.63, 3.8) is 0 Å². The Kier molecular flexibility index (Phi) is 6.08. The molecule has 0 spiro atoms. The second kappa shape index (κ2) is 7.34. The minimum atomic E-state index is -5.61. The zero-order valence-electron chi connectivity index (χ0n) is 15.6. The molecule has 8 heteroatoms. The van der Waals surface area contributed by atoms with Crippen LogP contribution in [0.1, 0.15) is 72.1 Å². The molecule has 1 N–H and O–H groups in total. The second-order valence-electron chi connectivity index (χ2n) is 8.52. The Hall–Kier alpha value is -0.760. The lowest BCUT2D eigenvalue weighted by molar-refractivity contribution is -0.0535. The summed E-state index contributed by atoms with van der Waals surface area (Å²) in [5.74, 6) is 0.0120. The van der Waals surface area contributed by atoms with Crippen LogP contribution >= 0.6 is 0 Å². The molecule has 0 radical (unpaired) electrons. The molecular weight excluding hydrogens is 369 g/mol. The molecular formula is C18H29F3O4S. The van der Waals surface area contributed by atoms with E-state index in [1.165, 1.54) is 6.08 Å².